The number of likely N-dealkylation sites (tertiary alicyclic amines) is 1. The number of hydrogen-bond donors (Lipinski definition) is 0. The second-order valence-electron chi connectivity index (χ2n) is 8.60. The van der Waals surface area contributed by atoms with Crippen molar-refractivity contribution >= 4 is 5.91 Å². The lowest BCUT2D eigenvalue weighted by Gasteiger charge is -2.57. The molecule has 2 saturated heterocycles. The highest BCUT2D eigenvalue weighted by atomic mass is 16.7. The summed E-state index contributed by atoms with van der Waals surface area (Å²) in [5.74, 6) is 2.63. The fraction of sp³-hybridized carbons (Fsp3) is 0.944. The van der Waals surface area contributed by atoms with Gasteiger partial charge in [0.2, 0.25) is 5.91 Å². The zero-order chi connectivity index (χ0) is 14.8. The second kappa shape index (κ2) is 4.70. The van der Waals surface area contributed by atoms with Gasteiger partial charge >= 0.3 is 0 Å². The van der Waals surface area contributed by atoms with E-state index in [-0.39, 0.29) is 11.2 Å². The Hall–Kier alpha value is -0.610. The molecule has 6 aliphatic rings. The number of piperidine rings is 1. The molecule has 6 fully saturated rings. The van der Waals surface area contributed by atoms with Crippen molar-refractivity contribution < 1.29 is 14.3 Å². The Morgan fingerprint density at radius 2 is 1.36 bits per heavy atom. The van der Waals surface area contributed by atoms with Crippen LogP contribution in [-0.2, 0) is 14.3 Å². The average Bonchev–Trinajstić information content (AvgIpc) is 2.94. The number of carbonyl (C=O) groups is 1. The van der Waals surface area contributed by atoms with Crippen LogP contribution < -0.4 is 0 Å². The Bertz CT molecular complexity index is 437. The molecule has 0 aromatic heterocycles. The fourth-order valence-electron chi connectivity index (χ4n) is 6.54. The summed E-state index contributed by atoms with van der Waals surface area (Å²) >= 11 is 0. The van der Waals surface area contributed by atoms with Crippen molar-refractivity contribution in [3.8, 4) is 0 Å². The molecule has 0 N–H and O–H groups in total. The molecule has 0 radical (unpaired) electrons. The minimum Gasteiger partial charge on any atom is -0.347 e. The van der Waals surface area contributed by atoms with Crippen molar-refractivity contribution in [2.45, 2.75) is 57.2 Å². The third-order valence-electron chi connectivity index (χ3n) is 7.12. The summed E-state index contributed by atoms with van der Waals surface area (Å²) in [6.45, 7) is 3.06. The second-order valence-corrected chi connectivity index (χ2v) is 8.60. The van der Waals surface area contributed by atoms with Gasteiger partial charge in [0.05, 0.1) is 18.6 Å². The molecule has 0 unspecified atom stereocenters. The zero-order valence-corrected chi connectivity index (χ0v) is 13.4. The number of carbonyl (C=O) groups excluding carboxylic acids is 1. The molecular formula is C18H27NO3. The SMILES string of the molecule is O=C(N1CCC2(CC1)OCCO2)C12CC3CC(CC(C3)C1)C2. The van der Waals surface area contributed by atoms with E-state index in [1.54, 1.807) is 0 Å². The van der Waals surface area contributed by atoms with E-state index in [9.17, 15) is 4.79 Å². The zero-order valence-electron chi connectivity index (χ0n) is 13.4. The first kappa shape index (κ1) is 13.8. The van der Waals surface area contributed by atoms with Crippen molar-refractivity contribution in [1.29, 1.82) is 0 Å². The molecule has 22 heavy (non-hydrogen) atoms. The van der Waals surface area contributed by atoms with Crippen LogP contribution in [0.5, 0.6) is 0 Å². The summed E-state index contributed by atoms with van der Waals surface area (Å²) in [4.78, 5) is 15.4. The van der Waals surface area contributed by atoms with E-state index in [1.807, 2.05) is 0 Å². The van der Waals surface area contributed by atoms with Crippen LogP contribution in [-0.4, -0.2) is 42.9 Å². The number of hydrogen-bond acceptors (Lipinski definition) is 3. The number of nitrogens with zero attached hydrogens (tertiary/aromatic N) is 1. The van der Waals surface area contributed by atoms with Gasteiger partial charge in [-0.1, -0.05) is 0 Å². The quantitative estimate of drug-likeness (QED) is 0.747. The van der Waals surface area contributed by atoms with Gasteiger partial charge in [-0.05, 0) is 56.3 Å². The molecule has 0 aromatic carbocycles. The molecule has 122 valence electrons. The van der Waals surface area contributed by atoms with Crippen molar-refractivity contribution in [2.75, 3.05) is 26.3 Å². The maximum absolute atomic E-state index is 13.3. The highest BCUT2D eigenvalue weighted by molar-refractivity contribution is 5.83. The molecule has 0 atom stereocenters. The average molecular weight is 305 g/mol. The van der Waals surface area contributed by atoms with Gasteiger partial charge in [0.15, 0.2) is 5.79 Å². The predicted octanol–water partition coefficient (Wildman–Crippen LogP) is 2.57. The van der Waals surface area contributed by atoms with Gasteiger partial charge in [0, 0.05) is 25.9 Å². The van der Waals surface area contributed by atoms with Crippen LogP contribution >= 0.6 is 0 Å². The smallest absolute Gasteiger partial charge is 0.228 e. The number of ether oxygens (including phenoxy) is 2. The number of amides is 1. The van der Waals surface area contributed by atoms with Gasteiger partial charge in [0.25, 0.3) is 0 Å². The van der Waals surface area contributed by atoms with Gasteiger partial charge in [-0.2, -0.15) is 0 Å². The van der Waals surface area contributed by atoms with Crippen LogP contribution in [0.1, 0.15) is 51.4 Å². The third kappa shape index (κ3) is 1.99. The van der Waals surface area contributed by atoms with Crippen molar-refractivity contribution in [1.82, 2.24) is 4.90 Å². The Morgan fingerprint density at radius 3 is 1.86 bits per heavy atom. The lowest BCUT2D eigenvalue weighted by Crippen LogP contribution is -2.57. The maximum Gasteiger partial charge on any atom is 0.228 e. The Morgan fingerprint density at radius 1 is 0.864 bits per heavy atom. The summed E-state index contributed by atoms with van der Waals surface area (Å²) in [6, 6.07) is 0. The molecule has 4 nitrogen and oxygen atoms in total. The molecule has 0 aromatic rings. The normalized spacial score (nSPS) is 45.6. The molecule has 4 heteroatoms. The summed E-state index contributed by atoms with van der Waals surface area (Å²) in [6.07, 6.45) is 9.42. The van der Waals surface area contributed by atoms with Crippen molar-refractivity contribution in [2.24, 2.45) is 23.2 Å². The lowest BCUT2D eigenvalue weighted by atomic mass is 9.49. The minimum atomic E-state index is -0.363. The van der Waals surface area contributed by atoms with E-state index in [0.29, 0.717) is 19.1 Å². The predicted molar refractivity (Wildman–Crippen MR) is 81.1 cm³/mol. The van der Waals surface area contributed by atoms with Gasteiger partial charge in [-0.15, -0.1) is 0 Å². The van der Waals surface area contributed by atoms with Gasteiger partial charge < -0.3 is 14.4 Å². The molecule has 1 amide bonds. The Balaban J connectivity index is 1.31. The largest absolute Gasteiger partial charge is 0.347 e. The van der Waals surface area contributed by atoms with Crippen LogP contribution in [0.25, 0.3) is 0 Å². The molecule has 2 aliphatic heterocycles. The Kier molecular flexibility index (Phi) is 2.95. The van der Waals surface area contributed by atoms with E-state index in [0.717, 1.165) is 43.7 Å². The van der Waals surface area contributed by atoms with E-state index >= 15 is 0 Å². The van der Waals surface area contributed by atoms with E-state index in [2.05, 4.69) is 4.90 Å². The molecule has 2 heterocycles. The highest BCUT2D eigenvalue weighted by Gasteiger charge is 2.56. The molecule has 6 rings (SSSR count). The summed E-state index contributed by atoms with van der Waals surface area (Å²) in [5.41, 5.74) is 0.0106. The maximum atomic E-state index is 13.3. The van der Waals surface area contributed by atoms with Crippen LogP contribution in [0, 0.1) is 23.2 Å². The molecule has 4 aliphatic carbocycles. The van der Waals surface area contributed by atoms with E-state index in [1.165, 1.54) is 38.5 Å². The monoisotopic (exact) mass is 305 g/mol. The first-order valence-corrected chi connectivity index (χ1v) is 9.24. The topological polar surface area (TPSA) is 38.8 Å². The molecule has 4 bridgehead atoms. The van der Waals surface area contributed by atoms with Crippen molar-refractivity contribution in [3.05, 3.63) is 0 Å². The highest BCUT2D eigenvalue weighted by Crippen LogP contribution is 2.60. The first-order valence-electron chi connectivity index (χ1n) is 9.24. The standard InChI is InChI=1S/C18H27NO3/c20-16(19-3-1-18(2-4-19)21-5-6-22-18)17-10-13-7-14(11-17)9-15(8-13)12-17/h13-15H,1-12H2. The van der Waals surface area contributed by atoms with Crippen molar-refractivity contribution in [3.63, 3.8) is 0 Å². The van der Waals surface area contributed by atoms with Gasteiger partial charge in [-0.3, -0.25) is 4.79 Å². The first-order chi connectivity index (χ1) is 10.7. The number of rotatable bonds is 1. The van der Waals surface area contributed by atoms with E-state index in [4.69, 9.17) is 9.47 Å². The molecular weight excluding hydrogens is 278 g/mol. The van der Waals surface area contributed by atoms with Crippen LogP contribution in [0.3, 0.4) is 0 Å². The molecule has 1 spiro atoms. The Labute approximate surface area is 132 Å². The van der Waals surface area contributed by atoms with E-state index < -0.39 is 0 Å². The summed E-state index contributed by atoms with van der Waals surface area (Å²) in [5, 5.41) is 0. The summed E-state index contributed by atoms with van der Waals surface area (Å²) in [7, 11) is 0. The summed E-state index contributed by atoms with van der Waals surface area (Å²) < 4.78 is 11.6. The van der Waals surface area contributed by atoms with Gasteiger partial charge in [0.1, 0.15) is 0 Å². The minimum absolute atomic E-state index is 0.0106. The molecule has 4 saturated carbocycles. The third-order valence-corrected chi connectivity index (χ3v) is 7.12. The fourth-order valence-corrected chi connectivity index (χ4v) is 6.54. The van der Waals surface area contributed by atoms with Gasteiger partial charge in [-0.25, -0.2) is 0 Å². The van der Waals surface area contributed by atoms with Crippen LogP contribution in [0.4, 0.5) is 0 Å². The lowest BCUT2D eigenvalue weighted by molar-refractivity contribution is -0.193. The van der Waals surface area contributed by atoms with Crippen LogP contribution in [0.15, 0.2) is 0 Å². The van der Waals surface area contributed by atoms with Crippen LogP contribution in [0.2, 0.25) is 0 Å².